The Morgan fingerprint density at radius 1 is 1.45 bits per heavy atom. The lowest BCUT2D eigenvalue weighted by molar-refractivity contribution is 0.281. The molecule has 1 aromatic carbocycles. The highest BCUT2D eigenvalue weighted by atomic mass is 16.5. The van der Waals surface area contributed by atoms with E-state index in [9.17, 15) is 0 Å². The van der Waals surface area contributed by atoms with Gasteiger partial charge >= 0.3 is 0 Å². The van der Waals surface area contributed by atoms with Crippen LogP contribution in [0.15, 0.2) is 22.7 Å². The molecular weight excluding hydrogens is 254 g/mol. The highest BCUT2D eigenvalue weighted by Gasteiger charge is 2.29. The Bertz CT molecular complexity index is 603. The molecule has 20 heavy (non-hydrogen) atoms. The normalized spacial score (nSPS) is 16.1. The Kier molecular flexibility index (Phi) is 3.44. The van der Waals surface area contributed by atoms with E-state index in [0.717, 1.165) is 30.0 Å². The molecular formula is C15H19N3O2. The molecule has 1 aromatic heterocycles. The van der Waals surface area contributed by atoms with Gasteiger partial charge in [-0.25, -0.2) is 0 Å². The summed E-state index contributed by atoms with van der Waals surface area (Å²) in [5, 5.41) is 3.94. The third-order valence-corrected chi connectivity index (χ3v) is 3.42. The molecule has 106 valence electrons. The van der Waals surface area contributed by atoms with Crippen LogP contribution in [0.4, 0.5) is 0 Å². The lowest BCUT2D eigenvalue weighted by Crippen LogP contribution is -2.09. The van der Waals surface area contributed by atoms with E-state index in [1.807, 2.05) is 32.0 Å². The maximum atomic E-state index is 5.97. The maximum Gasteiger partial charge on any atom is 0.229 e. The first-order chi connectivity index (χ1) is 9.63. The van der Waals surface area contributed by atoms with E-state index in [1.54, 1.807) is 0 Å². The van der Waals surface area contributed by atoms with Gasteiger partial charge in [0.1, 0.15) is 5.75 Å². The quantitative estimate of drug-likeness (QED) is 0.906. The molecule has 1 fully saturated rings. The molecule has 1 atom stereocenters. The van der Waals surface area contributed by atoms with Crippen LogP contribution in [0.2, 0.25) is 0 Å². The summed E-state index contributed by atoms with van der Waals surface area (Å²) in [7, 11) is 0. The van der Waals surface area contributed by atoms with Crippen molar-refractivity contribution in [3.8, 4) is 5.75 Å². The number of hydrogen-bond acceptors (Lipinski definition) is 5. The van der Waals surface area contributed by atoms with Gasteiger partial charge in [-0.15, -0.1) is 0 Å². The molecule has 2 N–H and O–H groups in total. The zero-order valence-corrected chi connectivity index (χ0v) is 11.8. The molecule has 5 nitrogen and oxygen atoms in total. The first kappa shape index (κ1) is 13.1. The zero-order valence-electron chi connectivity index (χ0n) is 11.8. The fourth-order valence-corrected chi connectivity index (χ4v) is 2.12. The predicted octanol–water partition coefficient (Wildman–Crippen LogP) is 2.85. The van der Waals surface area contributed by atoms with Crippen LogP contribution in [-0.4, -0.2) is 10.1 Å². The topological polar surface area (TPSA) is 74.2 Å². The minimum absolute atomic E-state index is 0.0720. The number of benzene rings is 1. The Morgan fingerprint density at radius 3 is 2.95 bits per heavy atom. The van der Waals surface area contributed by atoms with Crippen molar-refractivity contribution in [2.45, 2.75) is 45.3 Å². The smallest absolute Gasteiger partial charge is 0.229 e. The second kappa shape index (κ2) is 5.25. The number of nitrogens with two attached hydrogens (primary N) is 1. The van der Waals surface area contributed by atoms with Gasteiger partial charge in [-0.05, 0) is 32.8 Å². The van der Waals surface area contributed by atoms with Crippen molar-refractivity contribution in [3.63, 3.8) is 0 Å². The van der Waals surface area contributed by atoms with Gasteiger partial charge in [0.25, 0.3) is 0 Å². The van der Waals surface area contributed by atoms with Gasteiger partial charge in [-0.2, -0.15) is 4.98 Å². The molecule has 0 radical (unpaired) electrons. The van der Waals surface area contributed by atoms with E-state index in [-0.39, 0.29) is 6.04 Å². The molecule has 2 aromatic rings. The highest BCUT2D eigenvalue weighted by molar-refractivity contribution is 5.38. The molecule has 0 aliphatic heterocycles. The number of nitrogens with zero attached hydrogens (tertiary/aromatic N) is 2. The molecule has 1 heterocycles. The van der Waals surface area contributed by atoms with Crippen LogP contribution in [0.1, 0.15) is 54.6 Å². The van der Waals surface area contributed by atoms with Crippen LogP contribution in [0.3, 0.4) is 0 Å². The minimum atomic E-state index is -0.0720. The van der Waals surface area contributed by atoms with Gasteiger partial charge in [0.15, 0.2) is 6.61 Å². The number of hydrogen-bond donors (Lipinski definition) is 1. The van der Waals surface area contributed by atoms with Gasteiger partial charge in [0.05, 0.1) is 0 Å². The maximum absolute atomic E-state index is 5.97. The summed E-state index contributed by atoms with van der Waals surface area (Å²) in [6, 6.07) is 5.92. The summed E-state index contributed by atoms with van der Waals surface area (Å²) < 4.78 is 11.0. The van der Waals surface area contributed by atoms with E-state index in [2.05, 4.69) is 10.1 Å². The van der Waals surface area contributed by atoms with Gasteiger partial charge in [-0.3, -0.25) is 0 Å². The molecule has 0 bridgehead atoms. The third-order valence-electron chi connectivity index (χ3n) is 3.42. The van der Waals surface area contributed by atoms with Gasteiger partial charge in [-0.1, -0.05) is 22.9 Å². The van der Waals surface area contributed by atoms with Crippen LogP contribution in [0.25, 0.3) is 0 Å². The van der Waals surface area contributed by atoms with Crippen LogP contribution < -0.4 is 10.5 Å². The molecule has 0 amide bonds. The Labute approximate surface area is 118 Å². The molecule has 0 saturated heterocycles. The van der Waals surface area contributed by atoms with E-state index in [4.69, 9.17) is 15.0 Å². The average Bonchev–Trinajstić information content (AvgIpc) is 3.17. The Morgan fingerprint density at radius 2 is 2.25 bits per heavy atom. The lowest BCUT2D eigenvalue weighted by atomic mass is 10.1. The number of rotatable bonds is 5. The van der Waals surface area contributed by atoms with Crippen molar-refractivity contribution in [3.05, 3.63) is 41.0 Å². The van der Waals surface area contributed by atoms with Crippen LogP contribution in [0.5, 0.6) is 5.75 Å². The highest BCUT2D eigenvalue weighted by Crippen LogP contribution is 2.38. The average molecular weight is 273 g/mol. The first-order valence-electron chi connectivity index (χ1n) is 6.95. The van der Waals surface area contributed by atoms with E-state index in [0.29, 0.717) is 18.3 Å². The number of ether oxygens (including phenoxy) is 1. The second-order valence-electron chi connectivity index (χ2n) is 5.44. The van der Waals surface area contributed by atoms with Gasteiger partial charge in [0, 0.05) is 17.5 Å². The lowest BCUT2D eigenvalue weighted by Gasteiger charge is -2.13. The van der Waals surface area contributed by atoms with E-state index >= 15 is 0 Å². The second-order valence-corrected chi connectivity index (χ2v) is 5.44. The molecule has 5 heteroatoms. The summed E-state index contributed by atoms with van der Waals surface area (Å²) in [5.74, 6) is 2.57. The summed E-state index contributed by atoms with van der Waals surface area (Å²) in [4.78, 5) is 4.35. The molecule has 1 aliphatic carbocycles. The molecule has 1 saturated carbocycles. The predicted molar refractivity (Wildman–Crippen MR) is 74.4 cm³/mol. The molecule has 0 unspecified atom stereocenters. The minimum Gasteiger partial charge on any atom is -0.485 e. The standard InChI is InChI=1S/C15H19N3O2/c1-9-3-6-13(12(7-9)10(2)16)19-8-14-17-15(20-18-14)11-4-5-11/h3,6-7,10-11H,4-5,8,16H2,1-2H3/t10-/m0/s1. The summed E-state index contributed by atoms with van der Waals surface area (Å²) in [6.45, 7) is 4.29. The Balaban J connectivity index is 1.70. The summed E-state index contributed by atoms with van der Waals surface area (Å²) in [5.41, 5.74) is 8.14. The van der Waals surface area contributed by atoms with Crippen LogP contribution in [-0.2, 0) is 6.61 Å². The van der Waals surface area contributed by atoms with E-state index < -0.39 is 0 Å². The zero-order chi connectivity index (χ0) is 14.1. The fourth-order valence-electron chi connectivity index (χ4n) is 2.12. The number of aryl methyl sites for hydroxylation is 1. The first-order valence-corrected chi connectivity index (χ1v) is 6.95. The largest absolute Gasteiger partial charge is 0.485 e. The third kappa shape index (κ3) is 2.82. The van der Waals surface area contributed by atoms with Crippen molar-refractivity contribution >= 4 is 0 Å². The van der Waals surface area contributed by atoms with E-state index in [1.165, 1.54) is 5.56 Å². The monoisotopic (exact) mass is 273 g/mol. The van der Waals surface area contributed by atoms with Crippen molar-refractivity contribution < 1.29 is 9.26 Å². The van der Waals surface area contributed by atoms with Crippen LogP contribution >= 0.6 is 0 Å². The molecule has 1 aliphatic rings. The molecule has 3 rings (SSSR count). The summed E-state index contributed by atoms with van der Waals surface area (Å²) >= 11 is 0. The van der Waals surface area contributed by atoms with Gasteiger partial charge < -0.3 is 15.0 Å². The fraction of sp³-hybridized carbons (Fsp3) is 0.467. The van der Waals surface area contributed by atoms with Crippen molar-refractivity contribution in [1.82, 2.24) is 10.1 Å². The molecule has 0 spiro atoms. The van der Waals surface area contributed by atoms with Crippen LogP contribution in [0, 0.1) is 6.92 Å². The van der Waals surface area contributed by atoms with Crippen molar-refractivity contribution in [2.24, 2.45) is 5.73 Å². The Hall–Kier alpha value is -1.88. The van der Waals surface area contributed by atoms with Gasteiger partial charge in [0.2, 0.25) is 11.7 Å². The summed E-state index contributed by atoms with van der Waals surface area (Å²) in [6.07, 6.45) is 2.30. The van der Waals surface area contributed by atoms with Crippen molar-refractivity contribution in [1.29, 1.82) is 0 Å². The van der Waals surface area contributed by atoms with Crippen molar-refractivity contribution in [2.75, 3.05) is 0 Å². The number of aromatic nitrogens is 2. The SMILES string of the molecule is Cc1ccc(OCc2noc(C3CC3)n2)c([C@H](C)N)c1.